The molecule has 160 valence electrons. The van der Waals surface area contributed by atoms with Crippen molar-refractivity contribution in [1.29, 1.82) is 0 Å². The predicted octanol–water partition coefficient (Wildman–Crippen LogP) is 2.97. The second kappa shape index (κ2) is 10.3. The summed E-state index contributed by atoms with van der Waals surface area (Å²) >= 11 is 1.52. The van der Waals surface area contributed by atoms with Crippen molar-refractivity contribution in [1.82, 2.24) is 20.2 Å². The summed E-state index contributed by atoms with van der Waals surface area (Å²) in [6, 6.07) is 13.4. The number of aromatic nitrogens is 2. The average molecular weight is 436 g/mol. The number of rotatable bonds is 7. The lowest BCUT2D eigenvalue weighted by molar-refractivity contribution is -0.122. The number of carbonyl (C=O) groups excluding carboxylic acids is 2. The van der Waals surface area contributed by atoms with Crippen LogP contribution in [0.5, 0.6) is 0 Å². The highest BCUT2D eigenvalue weighted by molar-refractivity contribution is 7.13. The van der Waals surface area contributed by atoms with Crippen LogP contribution in [0.3, 0.4) is 0 Å². The van der Waals surface area contributed by atoms with Gasteiger partial charge < -0.3 is 10.6 Å². The topological polar surface area (TPSA) is 87.2 Å². The van der Waals surface area contributed by atoms with Crippen LogP contribution in [-0.2, 0) is 16.0 Å². The van der Waals surface area contributed by atoms with Gasteiger partial charge in [0, 0.05) is 48.2 Å². The summed E-state index contributed by atoms with van der Waals surface area (Å²) in [5.74, 6) is -0.0232. The summed E-state index contributed by atoms with van der Waals surface area (Å²) in [6.07, 6.45) is 5.45. The summed E-state index contributed by atoms with van der Waals surface area (Å²) in [6.45, 7) is 1.94. The average Bonchev–Trinajstić information content (AvgIpc) is 3.25. The lowest BCUT2D eigenvalue weighted by Gasteiger charge is -2.31. The third-order valence-corrected chi connectivity index (χ3v) is 6.12. The molecule has 0 atom stereocenters. The molecule has 3 heterocycles. The van der Waals surface area contributed by atoms with Crippen LogP contribution in [-0.4, -0.2) is 52.4 Å². The first-order chi connectivity index (χ1) is 15.2. The molecule has 4 rings (SSSR count). The number of hydrogen-bond acceptors (Lipinski definition) is 6. The highest BCUT2D eigenvalue weighted by Crippen LogP contribution is 2.23. The van der Waals surface area contributed by atoms with E-state index in [9.17, 15) is 9.59 Å². The molecule has 31 heavy (non-hydrogen) atoms. The SMILES string of the molecule is O=C(CN1CCC(NC(=O)Cc2csc(-c3cccnc3)n2)CC1)Nc1ccccc1. The van der Waals surface area contributed by atoms with E-state index in [1.54, 1.807) is 12.4 Å². The van der Waals surface area contributed by atoms with E-state index in [0.29, 0.717) is 6.54 Å². The Kier molecular flexibility index (Phi) is 7.01. The Morgan fingerprint density at radius 1 is 1.06 bits per heavy atom. The standard InChI is InChI=1S/C23H25N5O2S/c29-21(13-20-16-31-23(27-20)17-5-4-10-24-14-17)25-19-8-11-28(12-9-19)15-22(30)26-18-6-2-1-3-7-18/h1-7,10,14,16,19H,8-9,11-13,15H2,(H,25,29)(H,26,30). The number of nitrogens with zero attached hydrogens (tertiary/aromatic N) is 3. The summed E-state index contributed by atoms with van der Waals surface area (Å²) in [5.41, 5.74) is 2.54. The van der Waals surface area contributed by atoms with Crippen LogP contribution >= 0.6 is 11.3 Å². The number of piperidine rings is 1. The van der Waals surface area contributed by atoms with Crippen LogP contribution in [0, 0.1) is 0 Å². The van der Waals surface area contributed by atoms with Crippen molar-refractivity contribution in [3.05, 3.63) is 65.9 Å². The Bertz CT molecular complexity index is 1000. The molecule has 0 bridgehead atoms. The number of nitrogens with one attached hydrogen (secondary N) is 2. The molecule has 0 saturated carbocycles. The van der Waals surface area contributed by atoms with Crippen molar-refractivity contribution in [2.75, 3.05) is 25.0 Å². The van der Waals surface area contributed by atoms with Gasteiger partial charge in [0.2, 0.25) is 11.8 Å². The van der Waals surface area contributed by atoms with Gasteiger partial charge in [-0.15, -0.1) is 11.3 Å². The van der Waals surface area contributed by atoms with E-state index >= 15 is 0 Å². The van der Waals surface area contributed by atoms with Crippen LogP contribution in [0.15, 0.2) is 60.2 Å². The largest absolute Gasteiger partial charge is 0.353 e. The van der Waals surface area contributed by atoms with Crippen molar-refractivity contribution >= 4 is 28.8 Å². The molecule has 7 nitrogen and oxygen atoms in total. The number of thiazole rings is 1. The third kappa shape index (κ3) is 6.19. The second-order valence-electron chi connectivity index (χ2n) is 7.59. The van der Waals surface area contributed by atoms with Gasteiger partial charge in [-0.25, -0.2) is 4.98 Å². The molecule has 1 fully saturated rings. The predicted molar refractivity (Wildman–Crippen MR) is 122 cm³/mol. The molecule has 8 heteroatoms. The zero-order valence-corrected chi connectivity index (χ0v) is 18.0. The smallest absolute Gasteiger partial charge is 0.238 e. The van der Waals surface area contributed by atoms with Crippen molar-refractivity contribution in [2.45, 2.75) is 25.3 Å². The number of likely N-dealkylation sites (tertiary alicyclic amines) is 1. The minimum atomic E-state index is -0.0124. The molecule has 1 aromatic carbocycles. The van der Waals surface area contributed by atoms with E-state index in [-0.39, 0.29) is 24.3 Å². The maximum Gasteiger partial charge on any atom is 0.238 e. The first kappa shape index (κ1) is 21.1. The van der Waals surface area contributed by atoms with E-state index in [1.807, 2.05) is 47.8 Å². The molecule has 2 N–H and O–H groups in total. The number of benzene rings is 1. The minimum Gasteiger partial charge on any atom is -0.353 e. The Morgan fingerprint density at radius 2 is 1.87 bits per heavy atom. The van der Waals surface area contributed by atoms with E-state index < -0.39 is 0 Å². The van der Waals surface area contributed by atoms with E-state index in [0.717, 1.165) is 47.9 Å². The zero-order valence-electron chi connectivity index (χ0n) is 17.2. The van der Waals surface area contributed by atoms with Crippen molar-refractivity contribution in [2.24, 2.45) is 0 Å². The van der Waals surface area contributed by atoms with Gasteiger partial charge in [0.1, 0.15) is 5.01 Å². The molecule has 2 aromatic heterocycles. The van der Waals surface area contributed by atoms with E-state index in [4.69, 9.17) is 0 Å². The fourth-order valence-electron chi connectivity index (χ4n) is 3.61. The van der Waals surface area contributed by atoms with Crippen molar-refractivity contribution < 1.29 is 9.59 Å². The Labute approximate surface area is 185 Å². The Morgan fingerprint density at radius 3 is 2.61 bits per heavy atom. The maximum absolute atomic E-state index is 12.5. The number of pyridine rings is 1. The van der Waals surface area contributed by atoms with Crippen LogP contribution in [0.4, 0.5) is 5.69 Å². The number of anilines is 1. The minimum absolute atomic E-state index is 0.0108. The van der Waals surface area contributed by atoms with Crippen LogP contribution in [0.1, 0.15) is 18.5 Å². The molecule has 1 saturated heterocycles. The summed E-state index contributed by atoms with van der Waals surface area (Å²) in [4.78, 5) is 35.5. The lowest BCUT2D eigenvalue weighted by Crippen LogP contribution is -2.46. The monoisotopic (exact) mass is 435 g/mol. The van der Waals surface area contributed by atoms with Gasteiger partial charge in [-0.3, -0.25) is 19.5 Å². The molecule has 0 unspecified atom stereocenters. The van der Waals surface area contributed by atoms with Gasteiger partial charge in [-0.05, 0) is 37.1 Å². The van der Waals surface area contributed by atoms with Gasteiger partial charge in [-0.1, -0.05) is 18.2 Å². The van der Waals surface area contributed by atoms with Gasteiger partial charge >= 0.3 is 0 Å². The highest BCUT2D eigenvalue weighted by atomic mass is 32.1. The van der Waals surface area contributed by atoms with Gasteiger partial charge in [0.05, 0.1) is 18.7 Å². The summed E-state index contributed by atoms with van der Waals surface area (Å²) in [5, 5.41) is 8.83. The molecule has 1 aliphatic rings. The number of amides is 2. The fraction of sp³-hybridized carbons (Fsp3) is 0.304. The van der Waals surface area contributed by atoms with Crippen LogP contribution in [0.25, 0.3) is 10.6 Å². The van der Waals surface area contributed by atoms with Gasteiger partial charge in [-0.2, -0.15) is 0 Å². The van der Waals surface area contributed by atoms with E-state index in [1.165, 1.54) is 11.3 Å². The van der Waals surface area contributed by atoms with Gasteiger partial charge in [0.15, 0.2) is 0 Å². The third-order valence-electron chi connectivity index (χ3n) is 5.18. The molecular formula is C23H25N5O2S. The molecule has 0 radical (unpaired) electrons. The summed E-state index contributed by atoms with van der Waals surface area (Å²) < 4.78 is 0. The fourth-order valence-corrected chi connectivity index (χ4v) is 4.42. The molecular weight excluding hydrogens is 410 g/mol. The maximum atomic E-state index is 12.5. The number of para-hydroxylation sites is 1. The first-order valence-corrected chi connectivity index (χ1v) is 11.2. The van der Waals surface area contributed by atoms with Crippen LogP contribution in [0.2, 0.25) is 0 Å². The Balaban J connectivity index is 1.19. The second-order valence-corrected chi connectivity index (χ2v) is 8.45. The van der Waals surface area contributed by atoms with Crippen LogP contribution < -0.4 is 10.6 Å². The molecule has 3 aromatic rings. The van der Waals surface area contributed by atoms with Crippen molar-refractivity contribution in [3.63, 3.8) is 0 Å². The lowest BCUT2D eigenvalue weighted by atomic mass is 10.0. The van der Waals surface area contributed by atoms with E-state index in [2.05, 4.69) is 25.5 Å². The highest BCUT2D eigenvalue weighted by Gasteiger charge is 2.22. The molecule has 0 aliphatic carbocycles. The van der Waals surface area contributed by atoms with Crippen molar-refractivity contribution in [3.8, 4) is 10.6 Å². The number of hydrogen-bond donors (Lipinski definition) is 2. The molecule has 2 amide bonds. The molecule has 1 aliphatic heterocycles. The summed E-state index contributed by atoms with van der Waals surface area (Å²) in [7, 11) is 0. The Hall–Kier alpha value is -3.10. The quantitative estimate of drug-likeness (QED) is 0.596. The first-order valence-electron chi connectivity index (χ1n) is 10.4. The zero-order chi connectivity index (χ0) is 21.5. The van der Waals surface area contributed by atoms with Gasteiger partial charge in [0.25, 0.3) is 0 Å². The molecule has 0 spiro atoms. The normalized spacial score (nSPS) is 14.8. The number of carbonyl (C=O) groups is 2.